The molecule has 90 valence electrons. The van der Waals surface area contributed by atoms with Crippen LogP contribution in [0.25, 0.3) is 0 Å². The van der Waals surface area contributed by atoms with Crippen LogP contribution >= 0.6 is 0 Å². The molecule has 3 atom stereocenters. The van der Waals surface area contributed by atoms with Crippen molar-refractivity contribution in [2.75, 3.05) is 6.61 Å². The van der Waals surface area contributed by atoms with Gasteiger partial charge >= 0.3 is 5.97 Å². The lowest BCUT2D eigenvalue weighted by Gasteiger charge is -2.20. The van der Waals surface area contributed by atoms with Gasteiger partial charge in [0.25, 0.3) is 0 Å². The molecule has 0 aromatic heterocycles. The summed E-state index contributed by atoms with van der Waals surface area (Å²) in [6, 6.07) is 0. The highest BCUT2D eigenvalue weighted by molar-refractivity contribution is 5.92. The molecule has 0 saturated heterocycles. The van der Waals surface area contributed by atoms with Gasteiger partial charge in [-0.05, 0) is 24.8 Å². The van der Waals surface area contributed by atoms with Crippen LogP contribution in [0.5, 0.6) is 0 Å². The summed E-state index contributed by atoms with van der Waals surface area (Å²) in [5.41, 5.74) is 0. The van der Waals surface area contributed by atoms with Crippen molar-refractivity contribution in [1.29, 1.82) is 0 Å². The number of esters is 1. The third-order valence-electron chi connectivity index (χ3n) is 3.12. The minimum atomic E-state index is -0.281. The van der Waals surface area contributed by atoms with E-state index >= 15 is 0 Å². The van der Waals surface area contributed by atoms with Crippen molar-refractivity contribution >= 4 is 11.8 Å². The molecule has 1 aliphatic carbocycles. The predicted molar refractivity (Wildman–Crippen MR) is 61.8 cm³/mol. The summed E-state index contributed by atoms with van der Waals surface area (Å²) in [5.74, 6) is 0.461. The van der Waals surface area contributed by atoms with Gasteiger partial charge in [0.1, 0.15) is 0 Å². The summed E-state index contributed by atoms with van der Waals surface area (Å²) in [6.07, 6.45) is 5.57. The van der Waals surface area contributed by atoms with Gasteiger partial charge in [0.15, 0.2) is 5.78 Å². The van der Waals surface area contributed by atoms with Gasteiger partial charge in [-0.25, -0.2) is 0 Å². The Morgan fingerprint density at radius 1 is 1.56 bits per heavy atom. The number of hydrogen-bond donors (Lipinski definition) is 0. The minimum Gasteiger partial charge on any atom is -0.466 e. The Morgan fingerprint density at radius 3 is 2.88 bits per heavy atom. The molecule has 16 heavy (non-hydrogen) atoms. The summed E-state index contributed by atoms with van der Waals surface area (Å²) < 4.78 is 4.96. The highest BCUT2D eigenvalue weighted by Crippen LogP contribution is 2.25. The smallest absolute Gasteiger partial charge is 0.302 e. The molecule has 0 amide bonds. The SMILES string of the molecule is CC(=O)OC[C@@H](C)[C@@H]1CC[C@H](C)C=CC1=O. The van der Waals surface area contributed by atoms with Crippen molar-refractivity contribution in [3.63, 3.8) is 0 Å². The fourth-order valence-electron chi connectivity index (χ4n) is 1.99. The summed E-state index contributed by atoms with van der Waals surface area (Å²) in [4.78, 5) is 22.5. The maximum absolute atomic E-state index is 11.8. The first kappa shape index (κ1) is 12.9. The molecule has 0 unspecified atom stereocenters. The van der Waals surface area contributed by atoms with E-state index in [0.29, 0.717) is 12.5 Å². The predicted octanol–water partition coefficient (Wildman–Crippen LogP) is 2.36. The van der Waals surface area contributed by atoms with Crippen molar-refractivity contribution in [1.82, 2.24) is 0 Å². The van der Waals surface area contributed by atoms with E-state index in [4.69, 9.17) is 4.74 Å². The first-order valence-electron chi connectivity index (χ1n) is 5.86. The molecule has 1 rings (SSSR count). The Hall–Kier alpha value is -1.12. The van der Waals surface area contributed by atoms with Crippen LogP contribution in [-0.4, -0.2) is 18.4 Å². The van der Waals surface area contributed by atoms with Crippen LogP contribution in [0.3, 0.4) is 0 Å². The highest BCUT2D eigenvalue weighted by atomic mass is 16.5. The van der Waals surface area contributed by atoms with E-state index in [0.717, 1.165) is 12.8 Å². The van der Waals surface area contributed by atoms with E-state index < -0.39 is 0 Å². The van der Waals surface area contributed by atoms with Gasteiger partial charge in [0.05, 0.1) is 6.61 Å². The minimum absolute atomic E-state index is 0.000509. The molecule has 3 nitrogen and oxygen atoms in total. The standard InChI is InChI=1S/C13H20O3/c1-9-4-6-12(13(15)7-5-9)10(2)8-16-11(3)14/h5,7,9-10,12H,4,6,8H2,1-3H3/t9-,10+,12-/m0/s1. The van der Waals surface area contributed by atoms with Crippen LogP contribution in [0.2, 0.25) is 0 Å². The maximum Gasteiger partial charge on any atom is 0.302 e. The fourth-order valence-corrected chi connectivity index (χ4v) is 1.99. The fraction of sp³-hybridized carbons (Fsp3) is 0.692. The molecule has 0 aromatic rings. The first-order valence-corrected chi connectivity index (χ1v) is 5.86. The average molecular weight is 224 g/mol. The summed E-state index contributed by atoms with van der Waals surface area (Å²) in [5, 5.41) is 0. The van der Waals surface area contributed by atoms with Gasteiger partial charge < -0.3 is 4.74 Å². The van der Waals surface area contributed by atoms with Crippen molar-refractivity contribution in [3.05, 3.63) is 12.2 Å². The molecule has 0 radical (unpaired) electrons. The van der Waals surface area contributed by atoms with E-state index in [1.165, 1.54) is 6.92 Å². The van der Waals surface area contributed by atoms with E-state index in [-0.39, 0.29) is 23.6 Å². The number of carbonyl (C=O) groups excluding carboxylic acids is 2. The lowest BCUT2D eigenvalue weighted by atomic mass is 9.87. The van der Waals surface area contributed by atoms with Crippen LogP contribution in [0.4, 0.5) is 0 Å². The Balaban J connectivity index is 2.54. The zero-order chi connectivity index (χ0) is 12.1. The number of hydrogen-bond acceptors (Lipinski definition) is 3. The summed E-state index contributed by atoms with van der Waals surface area (Å²) in [7, 11) is 0. The third-order valence-corrected chi connectivity index (χ3v) is 3.12. The largest absolute Gasteiger partial charge is 0.466 e. The van der Waals surface area contributed by atoms with Crippen LogP contribution in [0.15, 0.2) is 12.2 Å². The molecular weight excluding hydrogens is 204 g/mol. The van der Waals surface area contributed by atoms with Gasteiger partial charge in [0.2, 0.25) is 0 Å². The molecule has 0 bridgehead atoms. The van der Waals surface area contributed by atoms with Crippen molar-refractivity contribution < 1.29 is 14.3 Å². The van der Waals surface area contributed by atoms with Crippen LogP contribution in [0.1, 0.15) is 33.6 Å². The van der Waals surface area contributed by atoms with Crippen molar-refractivity contribution in [2.24, 2.45) is 17.8 Å². The molecule has 0 N–H and O–H groups in total. The lowest BCUT2D eigenvalue weighted by molar-refractivity contribution is -0.143. The van der Waals surface area contributed by atoms with Crippen molar-refractivity contribution in [3.8, 4) is 0 Å². The van der Waals surface area contributed by atoms with Crippen LogP contribution in [0, 0.1) is 17.8 Å². The second-order valence-corrected chi connectivity index (χ2v) is 4.70. The number of allylic oxidation sites excluding steroid dienone is 2. The second-order valence-electron chi connectivity index (χ2n) is 4.70. The zero-order valence-corrected chi connectivity index (χ0v) is 10.2. The Bertz CT molecular complexity index is 294. The average Bonchev–Trinajstić information content (AvgIpc) is 2.38. The lowest BCUT2D eigenvalue weighted by Crippen LogP contribution is -2.24. The van der Waals surface area contributed by atoms with E-state index in [1.807, 2.05) is 13.0 Å². The van der Waals surface area contributed by atoms with Gasteiger partial charge in [-0.15, -0.1) is 0 Å². The monoisotopic (exact) mass is 224 g/mol. The molecule has 0 saturated carbocycles. The normalized spacial score (nSPS) is 27.3. The van der Waals surface area contributed by atoms with Gasteiger partial charge in [-0.1, -0.05) is 19.9 Å². The van der Waals surface area contributed by atoms with Crippen LogP contribution in [-0.2, 0) is 14.3 Å². The maximum atomic E-state index is 11.8. The Kier molecular flexibility index (Phi) is 4.71. The quantitative estimate of drug-likeness (QED) is 0.691. The highest BCUT2D eigenvalue weighted by Gasteiger charge is 2.26. The molecular formula is C13H20O3. The molecule has 0 fully saturated rings. The molecule has 3 heteroatoms. The molecule has 0 aromatic carbocycles. The summed E-state index contributed by atoms with van der Waals surface area (Å²) in [6.45, 7) is 5.82. The van der Waals surface area contributed by atoms with Gasteiger partial charge in [0, 0.05) is 18.8 Å². The van der Waals surface area contributed by atoms with Crippen molar-refractivity contribution in [2.45, 2.75) is 33.6 Å². The molecule has 1 aliphatic rings. The topological polar surface area (TPSA) is 43.4 Å². The van der Waals surface area contributed by atoms with Gasteiger partial charge in [-0.2, -0.15) is 0 Å². The van der Waals surface area contributed by atoms with Crippen LogP contribution < -0.4 is 0 Å². The molecule has 0 heterocycles. The Morgan fingerprint density at radius 2 is 2.25 bits per heavy atom. The number of ether oxygens (including phenoxy) is 1. The molecule has 0 aliphatic heterocycles. The number of ketones is 1. The van der Waals surface area contributed by atoms with E-state index in [2.05, 4.69) is 6.92 Å². The number of carbonyl (C=O) groups is 2. The third kappa shape index (κ3) is 3.80. The van der Waals surface area contributed by atoms with Gasteiger partial charge in [-0.3, -0.25) is 9.59 Å². The number of rotatable bonds is 3. The first-order chi connectivity index (χ1) is 7.50. The Labute approximate surface area is 96.9 Å². The second kappa shape index (κ2) is 5.83. The summed E-state index contributed by atoms with van der Waals surface area (Å²) >= 11 is 0. The molecule has 0 spiro atoms. The van der Waals surface area contributed by atoms with E-state index in [9.17, 15) is 9.59 Å². The zero-order valence-electron chi connectivity index (χ0n) is 10.2. The van der Waals surface area contributed by atoms with E-state index in [1.54, 1.807) is 6.08 Å².